The summed E-state index contributed by atoms with van der Waals surface area (Å²) in [4.78, 5) is 0. The van der Waals surface area contributed by atoms with Crippen molar-refractivity contribution in [3.05, 3.63) is 119 Å². The number of benzene rings is 4. The van der Waals surface area contributed by atoms with E-state index in [1.165, 1.54) is 57.3 Å². The second kappa shape index (κ2) is 7.20. The van der Waals surface area contributed by atoms with Gasteiger partial charge in [-0.1, -0.05) is 117 Å². The topological polar surface area (TPSA) is 0 Å². The molecule has 0 saturated heterocycles. The first-order valence-corrected chi connectivity index (χ1v) is 12.1. The van der Waals surface area contributed by atoms with Gasteiger partial charge >= 0.3 is 0 Å². The van der Waals surface area contributed by atoms with E-state index in [-0.39, 0.29) is 10.8 Å². The standard InChI is InChI=1S/C32H30/c1-3-20-32(29-18-10-6-14-25(29)26-15-7-11-19-30(26)32)22-21-31(2)27-16-8-4-12-23(27)24-13-5-9-17-28(24)31/h4-19H,3,20-22H2,1-2H3. The summed E-state index contributed by atoms with van der Waals surface area (Å²) in [5.41, 5.74) is 11.9. The second-order valence-corrected chi connectivity index (χ2v) is 9.85. The van der Waals surface area contributed by atoms with E-state index in [1.54, 1.807) is 0 Å². The Bertz CT molecular complexity index is 1220. The predicted molar refractivity (Wildman–Crippen MR) is 135 cm³/mol. The van der Waals surface area contributed by atoms with E-state index >= 15 is 0 Å². The third kappa shape index (κ3) is 2.56. The molecule has 32 heavy (non-hydrogen) atoms. The van der Waals surface area contributed by atoms with Crippen molar-refractivity contribution in [2.75, 3.05) is 0 Å². The van der Waals surface area contributed by atoms with Gasteiger partial charge in [0, 0.05) is 10.8 Å². The summed E-state index contributed by atoms with van der Waals surface area (Å²) in [6.45, 7) is 4.82. The molecule has 0 radical (unpaired) electrons. The second-order valence-electron chi connectivity index (χ2n) is 9.85. The zero-order valence-corrected chi connectivity index (χ0v) is 19.1. The molecule has 0 heteroatoms. The maximum absolute atomic E-state index is 2.48. The molecule has 0 saturated carbocycles. The summed E-state index contributed by atoms with van der Waals surface area (Å²) >= 11 is 0. The molecule has 0 spiro atoms. The molecule has 0 fully saturated rings. The summed E-state index contributed by atoms with van der Waals surface area (Å²) in [6.07, 6.45) is 4.69. The molecule has 0 heterocycles. The molecule has 0 aliphatic heterocycles. The summed E-state index contributed by atoms with van der Waals surface area (Å²) in [7, 11) is 0. The molecule has 0 unspecified atom stereocenters. The molecular weight excluding hydrogens is 384 g/mol. The highest BCUT2D eigenvalue weighted by Gasteiger charge is 2.45. The Balaban J connectivity index is 1.49. The van der Waals surface area contributed by atoms with E-state index < -0.39 is 0 Å². The van der Waals surface area contributed by atoms with Crippen LogP contribution in [0, 0.1) is 0 Å². The van der Waals surface area contributed by atoms with Crippen molar-refractivity contribution in [1.82, 2.24) is 0 Å². The van der Waals surface area contributed by atoms with E-state index in [1.807, 2.05) is 0 Å². The van der Waals surface area contributed by atoms with Crippen LogP contribution in [-0.4, -0.2) is 0 Å². The normalized spacial score (nSPS) is 16.2. The van der Waals surface area contributed by atoms with E-state index in [9.17, 15) is 0 Å². The Kier molecular flexibility index (Phi) is 4.40. The molecular formula is C32H30. The van der Waals surface area contributed by atoms with Crippen LogP contribution in [0.1, 0.15) is 61.8 Å². The van der Waals surface area contributed by atoms with Crippen molar-refractivity contribution in [1.29, 1.82) is 0 Å². The highest BCUT2D eigenvalue weighted by Crippen LogP contribution is 2.57. The van der Waals surface area contributed by atoms with Crippen molar-refractivity contribution >= 4 is 0 Å². The molecule has 0 N–H and O–H groups in total. The van der Waals surface area contributed by atoms with Crippen LogP contribution in [0.5, 0.6) is 0 Å². The van der Waals surface area contributed by atoms with Gasteiger partial charge in [0.2, 0.25) is 0 Å². The molecule has 6 rings (SSSR count). The number of hydrogen-bond acceptors (Lipinski definition) is 0. The van der Waals surface area contributed by atoms with Crippen molar-refractivity contribution in [3.63, 3.8) is 0 Å². The zero-order valence-electron chi connectivity index (χ0n) is 19.1. The molecule has 2 aliphatic rings. The van der Waals surface area contributed by atoms with Crippen LogP contribution >= 0.6 is 0 Å². The van der Waals surface area contributed by atoms with Crippen LogP contribution in [0.3, 0.4) is 0 Å². The molecule has 0 aromatic heterocycles. The van der Waals surface area contributed by atoms with Gasteiger partial charge in [0.25, 0.3) is 0 Å². The maximum atomic E-state index is 2.48. The van der Waals surface area contributed by atoms with Crippen LogP contribution in [0.2, 0.25) is 0 Å². The van der Waals surface area contributed by atoms with Crippen LogP contribution in [0.25, 0.3) is 22.3 Å². The van der Waals surface area contributed by atoms with Gasteiger partial charge in [0.1, 0.15) is 0 Å². The maximum Gasteiger partial charge on any atom is 0.0215 e. The Morgan fingerprint density at radius 1 is 0.469 bits per heavy atom. The largest absolute Gasteiger partial charge is 0.0653 e. The van der Waals surface area contributed by atoms with Gasteiger partial charge in [-0.25, -0.2) is 0 Å². The van der Waals surface area contributed by atoms with Crippen LogP contribution in [0.15, 0.2) is 97.1 Å². The van der Waals surface area contributed by atoms with Gasteiger partial charge in [0.15, 0.2) is 0 Å². The number of hydrogen-bond donors (Lipinski definition) is 0. The smallest absolute Gasteiger partial charge is 0.0215 e. The molecule has 4 aromatic carbocycles. The molecule has 0 nitrogen and oxygen atoms in total. The minimum absolute atomic E-state index is 0.0421. The molecule has 158 valence electrons. The van der Waals surface area contributed by atoms with Crippen LogP contribution < -0.4 is 0 Å². The summed E-state index contributed by atoms with van der Waals surface area (Å²) in [5.74, 6) is 0. The third-order valence-electron chi connectivity index (χ3n) is 8.24. The molecule has 2 aliphatic carbocycles. The lowest BCUT2D eigenvalue weighted by atomic mass is 9.66. The van der Waals surface area contributed by atoms with Gasteiger partial charge in [-0.2, -0.15) is 0 Å². The minimum atomic E-state index is 0.0421. The Morgan fingerprint density at radius 3 is 1.28 bits per heavy atom. The fourth-order valence-electron chi connectivity index (χ4n) is 6.78. The summed E-state index contributed by atoms with van der Waals surface area (Å²) < 4.78 is 0. The Hall–Kier alpha value is -3.12. The van der Waals surface area contributed by atoms with E-state index in [0.717, 1.165) is 12.8 Å². The lowest BCUT2D eigenvalue weighted by Gasteiger charge is -2.37. The fourth-order valence-corrected chi connectivity index (χ4v) is 6.78. The molecule has 0 atom stereocenters. The molecule has 4 aromatic rings. The van der Waals surface area contributed by atoms with Crippen molar-refractivity contribution in [2.24, 2.45) is 0 Å². The summed E-state index contributed by atoms with van der Waals surface area (Å²) in [6, 6.07) is 36.4. The fraction of sp³-hybridized carbons (Fsp3) is 0.250. The van der Waals surface area contributed by atoms with Crippen molar-refractivity contribution in [2.45, 2.75) is 50.4 Å². The Labute approximate surface area is 192 Å². The summed E-state index contributed by atoms with van der Waals surface area (Å²) in [5, 5.41) is 0. The predicted octanol–water partition coefficient (Wildman–Crippen LogP) is 8.52. The SMILES string of the molecule is CCCC1(CCC2(C)c3ccccc3-c3ccccc32)c2ccccc2-c2ccccc21. The first-order chi connectivity index (χ1) is 15.7. The number of fused-ring (bicyclic) bond motifs is 6. The molecule has 0 bridgehead atoms. The monoisotopic (exact) mass is 414 g/mol. The van der Waals surface area contributed by atoms with Crippen molar-refractivity contribution in [3.8, 4) is 22.3 Å². The first kappa shape index (κ1) is 19.6. The quantitative estimate of drug-likeness (QED) is 0.307. The van der Waals surface area contributed by atoms with Crippen molar-refractivity contribution < 1.29 is 0 Å². The first-order valence-electron chi connectivity index (χ1n) is 12.1. The van der Waals surface area contributed by atoms with Gasteiger partial charge in [-0.15, -0.1) is 0 Å². The minimum Gasteiger partial charge on any atom is -0.0653 e. The van der Waals surface area contributed by atoms with Gasteiger partial charge in [-0.3, -0.25) is 0 Å². The van der Waals surface area contributed by atoms with E-state index in [4.69, 9.17) is 0 Å². The highest BCUT2D eigenvalue weighted by atomic mass is 14.5. The highest BCUT2D eigenvalue weighted by molar-refractivity contribution is 5.82. The van der Waals surface area contributed by atoms with Crippen LogP contribution in [0.4, 0.5) is 0 Å². The van der Waals surface area contributed by atoms with E-state index in [0.29, 0.717) is 0 Å². The van der Waals surface area contributed by atoms with E-state index in [2.05, 4.69) is 111 Å². The van der Waals surface area contributed by atoms with Gasteiger partial charge in [-0.05, 0) is 63.8 Å². The van der Waals surface area contributed by atoms with Gasteiger partial charge in [0.05, 0.1) is 0 Å². The van der Waals surface area contributed by atoms with Crippen LogP contribution in [-0.2, 0) is 10.8 Å². The average molecular weight is 415 g/mol. The average Bonchev–Trinajstić information content (AvgIpc) is 3.27. The third-order valence-corrected chi connectivity index (χ3v) is 8.24. The Morgan fingerprint density at radius 2 is 0.844 bits per heavy atom. The lowest BCUT2D eigenvalue weighted by molar-refractivity contribution is 0.378. The number of rotatable bonds is 5. The van der Waals surface area contributed by atoms with Gasteiger partial charge < -0.3 is 0 Å². The lowest BCUT2D eigenvalue weighted by Crippen LogP contribution is -2.30. The zero-order chi connectivity index (χ0) is 21.8. The molecule has 0 amide bonds.